The highest BCUT2D eigenvalue weighted by atomic mass is 16.5. The summed E-state index contributed by atoms with van der Waals surface area (Å²) in [5, 5.41) is 18.4. The van der Waals surface area contributed by atoms with Crippen LogP contribution in [0.5, 0.6) is 0 Å². The third kappa shape index (κ3) is 1.05. The first-order chi connectivity index (χ1) is 4.59. The van der Waals surface area contributed by atoms with Crippen LogP contribution < -0.4 is 0 Å². The fourth-order valence-electron chi connectivity index (χ4n) is 1.15. The number of rotatable bonds is 1. The maximum atomic E-state index is 9.64. The quantitative estimate of drug-likeness (QED) is 0.537. The van der Waals surface area contributed by atoms with E-state index >= 15 is 0 Å². The zero-order chi connectivity index (χ0) is 7.78. The molecule has 1 heterocycles. The molecule has 0 radical (unpaired) electrons. The molecule has 1 aliphatic rings. The molecule has 3 nitrogen and oxygen atoms in total. The predicted molar refractivity (Wildman–Crippen MR) is 36.6 cm³/mol. The van der Waals surface area contributed by atoms with Gasteiger partial charge in [-0.25, -0.2) is 0 Å². The molecule has 0 aromatic carbocycles. The molecular formula is C7H14O3. The lowest BCUT2D eigenvalue weighted by atomic mass is 9.89. The van der Waals surface area contributed by atoms with E-state index in [2.05, 4.69) is 0 Å². The molecule has 0 aliphatic carbocycles. The van der Waals surface area contributed by atoms with E-state index in [-0.39, 0.29) is 12.5 Å². The van der Waals surface area contributed by atoms with Gasteiger partial charge >= 0.3 is 0 Å². The van der Waals surface area contributed by atoms with Gasteiger partial charge in [-0.3, -0.25) is 0 Å². The summed E-state index contributed by atoms with van der Waals surface area (Å²) in [6.45, 7) is 4.05. The number of hydrogen-bond acceptors (Lipinski definition) is 3. The molecule has 10 heavy (non-hydrogen) atoms. The fraction of sp³-hybridized carbons (Fsp3) is 1.00. The molecule has 3 atom stereocenters. The highest BCUT2D eigenvalue weighted by Crippen LogP contribution is 2.30. The second-order valence-electron chi connectivity index (χ2n) is 3.13. The Balaban J connectivity index is 2.64. The normalized spacial score (nSPS) is 48.0. The molecule has 1 saturated heterocycles. The van der Waals surface area contributed by atoms with Crippen LogP contribution in [0, 0.1) is 5.92 Å². The Morgan fingerprint density at radius 1 is 1.70 bits per heavy atom. The van der Waals surface area contributed by atoms with Gasteiger partial charge in [-0.2, -0.15) is 0 Å². The molecule has 0 amide bonds. The van der Waals surface area contributed by atoms with Crippen molar-refractivity contribution in [2.24, 2.45) is 5.92 Å². The Morgan fingerprint density at radius 3 is 2.50 bits per heavy atom. The van der Waals surface area contributed by atoms with E-state index in [1.807, 2.05) is 6.92 Å². The minimum atomic E-state index is -0.852. The van der Waals surface area contributed by atoms with Crippen LogP contribution in [-0.2, 0) is 4.74 Å². The molecular weight excluding hydrogens is 132 g/mol. The van der Waals surface area contributed by atoms with Crippen LogP contribution in [0.25, 0.3) is 0 Å². The van der Waals surface area contributed by atoms with E-state index in [4.69, 9.17) is 9.84 Å². The van der Waals surface area contributed by atoms with Gasteiger partial charge in [-0.1, -0.05) is 6.92 Å². The van der Waals surface area contributed by atoms with Crippen molar-refractivity contribution in [3.05, 3.63) is 0 Å². The number of aliphatic hydroxyl groups excluding tert-OH is 1. The zero-order valence-corrected chi connectivity index (χ0v) is 6.37. The smallest absolute Gasteiger partial charge is 0.109 e. The van der Waals surface area contributed by atoms with Gasteiger partial charge in [-0.15, -0.1) is 0 Å². The van der Waals surface area contributed by atoms with E-state index in [9.17, 15) is 5.11 Å². The van der Waals surface area contributed by atoms with Crippen molar-refractivity contribution in [1.29, 1.82) is 0 Å². The Hall–Kier alpha value is -0.120. The molecule has 0 unspecified atom stereocenters. The molecule has 3 heteroatoms. The monoisotopic (exact) mass is 146 g/mol. The topological polar surface area (TPSA) is 49.7 Å². The van der Waals surface area contributed by atoms with Gasteiger partial charge in [0.15, 0.2) is 0 Å². The van der Waals surface area contributed by atoms with Crippen molar-refractivity contribution in [1.82, 2.24) is 0 Å². The number of aliphatic hydroxyl groups is 2. The van der Waals surface area contributed by atoms with Crippen molar-refractivity contribution < 1.29 is 14.9 Å². The van der Waals surface area contributed by atoms with Crippen molar-refractivity contribution in [3.8, 4) is 0 Å². The van der Waals surface area contributed by atoms with E-state index in [1.54, 1.807) is 6.92 Å². The van der Waals surface area contributed by atoms with Gasteiger partial charge in [0, 0.05) is 5.92 Å². The largest absolute Gasteiger partial charge is 0.394 e. The van der Waals surface area contributed by atoms with Crippen LogP contribution in [-0.4, -0.2) is 35.1 Å². The summed E-state index contributed by atoms with van der Waals surface area (Å²) in [4.78, 5) is 0. The van der Waals surface area contributed by atoms with Gasteiger partial charge in [0.2, 0.25) is 0 Å². The molecule has 0 aromatic heterocycles. The lowest BCUT2D eigenvalue weighted by molar-refractivity contribution is -0.0591. The second-order valence-corrected chi connectivity index (χ2v) is 3.13. The van der Waals surface area contributed by atoms with Crippen LogP contribution in [0.15, 0.2) is 0 Å². The molecule has 0 spiro atoms. The Kier molecular flexibility index (Phi) is 1.99. The van der Waals surface area contributed by atoms with Crippen molar-refractivity contribution in [2.75, 3.05) is 13.2 Å². The number of hydrogen-bond donors (Lipinski definition) is 2. The summed E-state index contributed by atoms with van der Waals surface area (Å²) in [7, 11) is 0. The molecule has 1 rings (SSSR count). The van der Waals surface area contributed by atoms with E-state index in [0.717, 1.165) is 0 Å². The summed E-state index contributed by atoms with van der Waals surface area (Å²) in [6.07, 6.45) is -0.400. The van der Waals surface area contributed by atoms with Gasteiger partial charge in [0.1, 0.15) is 6.10 Å². The summed E-state index contributed by atoms with van der Waals surface area (Å²) in [5.74, 6) is 0.115. The Labute approximate surface area is 60.6 Å². The van der Waals surface area contributed by atoms with Crippen LogP contribution in [0.2, 0.25) is 0 Å². The SMILES string of the molecule is C[C@@H]1CO[C@@H](CO)[C@]1(C)O. The van der Waals surface area contributed by atoms with E-state index < -0.39 is 11.7 Å². The van der Waals surface area contributed by atoms with Gasteiger partial charge in [0.25, 0.3) is 0 Å². The first kappa shape index (κ1) is 7.98. The van der Waals surface area contributed by atoms with E-state index in [1.165, 1.54) is 0 Å². The van der Waals surface area contributed by atoms with Crippen molar-refractivity contribution in [3.63, 3.8) is 0 Å². The minimum absolute atomic E-state index is 0.0999. The highest BCUT2D eigenvalue weighted by Gasteiger charge is 2.43. The lowest BCUT2D eigenvalue weighted by Crippen LogP contribution is -2.41. The highest BCUT2D eigenvalue weighted by molar-refractivity contribution is 4.92. The van der Waals surface area contributed by atoms with Gasteiger partial charge in [-0.05, 0) is 6.92 Å². The Bertz CT molecular complexity index is 122. The molecule has 1 fully saturated rings. The molecule has 2 N–H and O–H groups in total. The molecule has 60 valence electrons. The zero-order valence-electron chi connectivity index (χ0n) is 6.37. The van der Waals surface area contributed by atoms with Crippen molar-refractivity contribution >= 4 is 0 Å². The maximum Gasteiger partial charge on any atom is 0.109 e. The van der Waals surface area contributed by atoms with E-state index in [0.29, 0.717) is 6.61 Å². The third-order valence-electron chi connectivity index (χ3n) is 2.36. The first-order valence-corrected chi connectivity index (χ1v) is 3.54. The summed E-state index contributed by atoms with van der Waals surface area (Å²) < 4.78 is 5.13. The fourth-order valence-corrected chi connectivity index (χ4v) is 1.15. The second kappa shape index (κ2) is 2.49. The Morgan fingerprint density at radius 2 is 2.30 bits per heavy atom. The lowest BCUT2D eigenvalue weighted by Gasteiger charge is -2.25. The van der Waals surface area contributed by atoms with Crippen LogP contribution in [0.4, 0.5) is 0 Å². The van der Waals surface area contributed by atoms with Gasteiger partial charge in [0.05, 0.1) is 18.8 Å². The maximum absolute atomic E-state index is 9.64. The molecule has 0 saturated carbocycles. The summed E-state index contributed by atoms with van der Waals surface area (Å²) >= 11 is 0. The standard InChI is InChI=1S/C7H14O3/c1-5-4-10-6(3-8)7(5,2)9/h5-6,8-9H,3-4H2,1-2H3/t5-,6+,7-/m1/s1. The molecule has 1 aliphatic heterocycles. The van der Waals surface area contributed by atoms with Crippen molar-refractivity contribution in [2.45, 2.75) is 25.6 Å². The average Bonchev–Trinajstić information content (AvgIpc) is 2.10. The third-order valence-corrected chi connectivity index (χ3v) is 2.36. The van der Waals surface area contributed by atoms with Crippen LogP contribution in [0.3, 0.4) is 0 Å². The number of ether oxygens (including phenoxy) is 1. The predicted octanol–water partition coefficient (Wildman–Crippen LogP) is -0.235. The first-order valence-electron chi connectivity index (χ1n) is 3.54. The van der Waals surface area contributed by atoms with Gasteiger partial charge < -0.3 is 14.9 Å². The molecule has 0 aromatic rings. The average molecular weight is 146 g/mol. The minimum Gasteiger partial charge on any atom is -0.394 e. The molecule has 0 bridgehead atoms. The van der Waals surface area contributed by atoms with Crippen LogP contribution >= 0.6 is 0 Å². The summed E-state index contributed by atoms with van der Waals surface area (Å²) in [6, 6.07) is 0. The van der Waals surface area contributed by atoms with Crippen LogP contribution in [0.1, 0.15) is 13.8 Å². The summed E-state index contributed by atoms with van der Waals surface area (Å²) in [5.41, 5.74) is -0.852.